The molecule has 0 radical (unpaired) electrons. The maximum atomic E-state index is 13.9. The molecular weight excluding hydrogens is 461 g/mol. The number of carbonyl (C=O) groups excluding carboxylic acids is 1. The molecule has 3 aromatic rings. The predicted octanol–water partition coefficient (Wildman–Crippen LogP) is 6.46. The van der Waals surface area contributed by atoms with E-state index in [4.69, 9.17) is 11.6 Å². The Hall–Kier alpha value is -2.27. The first-order chi connectivity index (χ1) is 13.8. The van der Waals surface area contributed by atoms with Crippen LogP contribution in [0.1, 0.15) is 10.4 Å². The summed E-state index contributed by atoms with van der Waals surface area (Å²) in [6, 6.07) is 11.2. The smallest absolute Gasteiger partial charge is 0.311 e. The minimum absolute atomic E-state index is 0.0510. The van der Waals surface area contributed by atoms with E-state index in [2.05, 4.69) is 4.98 Å². The highest BCUT2D eigenvalue weighted by molar-refractivity contribution is 8.00. The van der Waals surface area contributed by atoms with E-state index in [9.17, 15) is 35.5 Å². The van der Waals surface area contributed by atoms with Gasteiger partial charge in [-0.05, 0) is 48.2 Å². The number of aromatic nitrogens is 2. The van der Waals surface area contributed by atoms with E-state index in [1.807, 2.05) is 0 Å². The fourth-order valence-electron chi connectivity index (χ4n) is 2.50. The Kier molecular flexibility index (Phi) is 5.80. The van der Waals surface area contributed by atoms with E-state index >= 15 is 0 Å². The summed E-state index contributed by atoms with van der Waals surface area (Å²) in [4.78, 5) is 16.3. The first-order valence-corrected chi connectivity index (χ1v) is 9.28. The van der Waals surface area contributed by atoms with Crippen molar-refractivity contribution in [3.8, 4) is 0 Å². The molecule has 0 amide bonds. The standard InChI is InChI=1S/C18H10ClF7N2OS/c19-11-7-5-10(6-8-11)14(29)9-28-13-4-2-1-3-12(13)27-15(28)30-18(25,26)16(20,21)17(22,23)24/h1-8H,9H2. The minimum atomic E-state index is -6.47. The zero-order chi connectivity index (χ0) is 22.3. The van der Waals surface area contributed by atoms with E-state index in [0.717, 1.165) is 4.57 Å². The number of carbonyl (C=O) groups is 1. The lowest BCUT2D eigenvalue weighted by atomic mass is 10.1. The van der Waals surface area contributed by atoms with Gasteiger partial charge < -0.3 is 4.57 Å². The molecule has 0 saturated carbocycles. The van der Waals surface area contributed by atoms with Crippen molar-refractivity contribution in [3.63, 3.8) is 0 Å². The molecular formula is C18H10ClF7N2OS. The summed E-state index contributed by atoms with van der Waals surface area (Å²) in [6.07, 6.45) is -6.47. The topological polar surface area (TPSA) is 34.9 Å². The monoisotopic (exact) mass is 470 g/mol. The number of Topliss-reactive ketones (excluding diaryl/α,β-unsaturated/α-hetero) is 1. The summed E-state index contributed by atoms with van der Waals surface area (Å²) in [5.74, 6) is -6.92. The first kappa shape index (κ1) is 22.4. The van der Waals surface area contributed by atoms with E-state index in [1.54, 1.807) is 0 Å². The molecule has 160 valence electrons. The van der Waals surface area contributed by atoms with Crippen molar-refractivity contribution in [3.05, 3.63) is 59.1 Å². The van der Waals surface area contributed by atoms with Gasteiger partial charge in [0.1, 0.15) is 0 Å². The molecule has 0 unspecified atom stereocenters. The number of nitrogens with zero attached hydrogens (tertiary/aromatic N) is 2. The molecule has 0 aliphatic heterocycles. The van der Waals surface area contributed by atoms with Crippen molar-refractivity contribution < 1.29 is 35.5 Å². The van der Waals surface area contributed by atoms with Crippen LogP contribution < -0.4 is 0 Å². The number of thioether (sulfide) groups is 1. The van der Waals surface area contributed by atoms with Gasteiger partial charge in [0.15, 0.2) is 10.9 Å². The third kappa shape index (κ3) is 4.13. The van der Waals surface area contributed by atoms with Gasteiger partial charge in [0.25, 0.3) is 0 Å². The van der Waals surface area contributed by atoms with Gasteiger partial charge in [-0.15, -0.1) is 0 Å². The van der Waals surface area contributed by atoms with Crippen LogP contribution in [0.4, 0.5) is 30.7 Å². The quantitative estimate of drug-likeness (QED) is 0.236. The third-order valence-electron chi connectivity index (χ3n) is 4.03. The molecule has 0 saturated heterocycles. The van der Waals surface area contributed by atoms with Crippen molar-refractivity contribution in [2.24, 2.45) is 0 Å². The van der Waals surface area contributed by atoms with Crippen molar-refractivity contribution >= 4 is 40.2 Å². The highest BCUT2D eigenvalue weighted by atomic mass is 35.5. The molecule has 0 fully saturated rings. The molecule has 1 aromatic heterocycles. The Balaban J connectivity index is 2.01. The second-order valence-electron chi connectivity index (χ2n) is 6.09. The Bertz CT molecular complexity index is 1080. The van der Waals surface area contributed by atoms with Gasteiger partial charge in [0, 0.05) is 10.6 Å². The SMILES string of the molecule is O=C(Cn1c(SC(F)(F)C(F)(F)C(F)(F)F)nc2ccccc21)c1ccc(Cl)cc1. The van der Waals surface area contributed by atoms with Crippen LogP contribution in [0.2, 0.25) is 5.02 Å². The number of hydrogen-bond acceptors (Lipinski definition) is 3. The lowest BCUT2D eigenvalue weighted by Gasteiger charge is -2.27. The summed E-state index contributed by atoms with van der Waals surface area (Å²) in [5.41, 5.74) is 0.309. The number of benzene rings is 2. The number of imidazole rings is 1. The number of alkyl halides is 7. The number of hydrogen-bond donors (Lipinski definition) is 0. The number of halogens is 8. The first-order valence-electron chi connectivity index (χ1n) is 8.09. The van der Waals surface area contributed by atoms with Crippen LogP contribution in [-0.2, 0) is 6.54 Å². The zero-order valence-corrected chi connectivity index (χ0v) is 16.1. The van der Waals surface area contributed by atoms with Crippen LogP contribution in [0.3, 0.4) is 0 Å². The number of para-hydroxylation sites is 2. The molecule has 3 rings (SSSR count). The second-order valence-corrected chi connectivity index (χ2v) is 7.61. The summed E-state index contributed by atoms with van der Waals surface area (Å²) in [7, 11) is 0. The summed E-state index contributed by atoms with van der Waals surface area (Å²) < 4.78 is 92.8. The molecule has 0 aliphatic carbocycles. The van der Waals surface area contributed by atoms with Gasteiger partial charge in [0.2, 0.25) is 0 Å². The Labute approximate surface area is 173 Å². The van der Waals surface area contributed by atoms with Crippen molar-refractivity contribution in [2.75, 3.05) is 0 Å². The van der Waals surface area contributed by atoms with Gasteiger partial charge in [-0.2, -0.15) is 30.7 Å². The minimum Gasteiger partial charge on any atom is -0.311 e. The molecule has 0 atom stereocenters. The van der Waals surface area contributed by atoms with Gasteiger partial charge in [0.05, 0.1) is 17.6 Å². The summed E-state index contributed by atoms with van der Waals surface area (Å²) in [6.45, 7) is -0.613. The van der Waals surface area contributed by atoms with Crippen LogP contribution in [0.5, 0.6) is 0 Å². The fraction of sp³-hybridized carbons (Fsp3) is 0.222. The normalized spacial score (nSPS) is 13.1. The third-order valence-corrected chi connectivity index (χ3v) is 5.29. The maximum Gasteiger partial charge on any atom is 0.460 e. The lowest BCUT2D eigenvalue weighted by molar-refractivity contribution is -0.330. The second kappa shape index (κ2) is 7.77. The number of fused-ring (bicyclic) bond motifs is 1. The molecule has 0 spiro atoms. The molecule has 0 aliphatic rings. The molecule has 0 N–H and O–H groups in total. The molecule has 2 aromatic carbocycles. The molecule has 0 bridgehead atoms. The van der Waals surface area contributed by atoms with Crippen molar-refractivity contribution in [1.29, 1.82) is 0 Å². The molecule has 3 nitrogen and oxygen atoms in total. The Morgan fingerprint density at radius 2 is 1.57 bits per heavy atom. The Morgan fingerprint density at radius 1 is 0.967 bits per heavy atom. The molecule has 30 heavy (non-hydrogen) atoms. The van der Waals surface area contributed by atoms with E-state index in [1.165, 1.54) is 48.5 Å². The highest BCUT2D eigenvalue weighted by Gasteiger charge is 2.74. The lowest BCUT2D eigenvalue weighted by Crippen LogP contribution is -2.50. The predicted molar refractivity (Wildman–Crippen MR) is 97.3 cm³/mol. The van der Waals surface area contributed by atoms with Gasteiger partial charge >= 0.3 is 17.4 Å². The fourth-order valence-corrected chi connectivity index (χ4v) is 3.51. The maximum absolute atomic E-state index is 13.9. The van der Waals surface area contributed by atoms with Gasteiger partial charge in [-0.3, -0.25) is 4.79 Å². The average molecular weight is 471 g/mol. The summed E-state index contributed by atoms with van der Waals surface area (Å²) in [5, 5.41) is -6.08. The Morgan fingerprint density at radius 3 is 2.17 bits per heavy atom. The van der Waals surface area contributed by atoms with Gasteiger partial charge in [-0.25, -0.2) is 4.98 Å². The van der Waals surface area contributed by atoms with Crippen LogP contribution in [0.25, 0.3) is 11.0 Å². The van der Waals surface area contributed by atoms with Crippen molar-refractivity contribution in [2.45, 2.75) is 29.1 Å². The van der Waals surface area contributed by atoms with Crippen molar-refractivity contribution in [1.82, 2.24) is 9.55 Å². The van der Waals surface area contributed by atoms with E-state index < -0.39 is 46.6 Å². The van der Waals surface area contributed by atoms with Crippen LogP contribution in [0.15, 0.2) is 53.7 Å². The van der Waals surface area contributed by atoms with Crippen LogP contribution >= 0.6 is 23.4 Å². The molecule has 12 heteroatoms. The van der Waals surface area contributed by atoms with Gasteiger partial charge in [-0.1, -0.05) is 23.7 Å². The van der Waals surface area contributed by atoms with E-state index in [0.29, 0.717) is 5.02 Å². The number of ketones is 1. The molecule has 1 heterocycles. The van der Waals surface area contributed by atoms with E-state index in [-0.39, 0.29) is 16.6 Å². The zero-order valence-electron chi connectivity index (χ0n) is 14.6. The van der Waals surface area contributed by atoms with Crippen LogP contribution in [-0.4, -0.2) is 32.7 Å². The highest BCUT2D eigenvalue weighted by Crippen LogP contribution is 2.53. The largest absolute Gasteiger partial charge is 0.460 e. The van der Waals surface area contributed by atoms with Crippen LogP contribution in [0, 0.1) is 0 Å². The summed E-state index contributed by atoms with van der Waals surface area (Å²) >= 11 is 4.69. The number of rotatable bonds is 6. The average Bonchev–Trinajstić information content (AvgIpc) is 2.97.